The molecule has 0 bridgehead atoms. The Kier molecular flexibility index (Phi) is 6.94. The standard InChI is InChI=1S/C27H24F2N4O2S/c1-17(18-5-9-20(10-6-18)27(2,3)4)31-32-25(19-7-12-22(13-8-19)33(34)35)16-36-26(32)30-24-14-11-21(28)15-23(24)29/h5-16H,1-4H3. The smallest absolute Gasteiger partial charge is 0.258 e. The average molecular weight is 507 g/mol. The van der Waals surface area contributed by atoms with Crippen LogP contribution < -0.4 is 4.80 Å². The van der Waals surface area contributed by atoms with Crippen LogP contribution in [0.1, 0.15) is 38.8 Å². The van der Waals surface area contributed by atoms with Crippen LogP contribution >= 0.6 is 11.3 Å². The molecule has 0 unspecified atom stereocenters. The van der Waals surface area contributed by atoms with Crippen molar-refractivity contribution in [1.82, 2.24) is 4.68 Å². The van der Waals surface area contributed by atoms with E-state index in [4.69, 9.17) is 5.10 Å². The largest absolute Gasteiger partial charge is 0.269 e. The maximum atomic E-state index is 14.3. The van der Waals surface area contributed by atoms with Gasteiger partial charge >= 0.3 is 0 Å². The quantitative estimate of drug-likeness (QED) is 0.163. The molecule has 0 fully saturated rings. The molecule has 0 aliphatic carbocycles. The van der Waals surface area contributed by atoms with Gasteiger partial charge < -0.3 is 0 Å². The Morgan fingerprint density at radius 2 is 1.67 bits per heavy atom. The van der Waals surface area contributed by atoms with Crippen molar-refractivity contribution in [2.45, 2.75) is 33.1 Å². The number of rotatable bonds is 5. The number of thiazole rings is 1. The lowest BCUT2D eigenvalue weighted by molar-refractivity contribution is -0.384. The number of hydrogen-bond donors (Lipinski definition) is 0. The number of non-ortho nitro benzene ring substituents is 1. The summed E-state index contributed by atoms with van der Waals surface area (Å²) in [5.74, 6) is -1.48. The van der Waals surface area contributed by atoms with Gasteiger partial charge in [0, 0.05) is 29.1 Å². The summed E-state index contributed by atoms with van der Waals surface area (Å²) in [5, 5.41) is 17.6. The van der Waals surface area contributed by atoms with Gasteiger partial charge in [-0.25, -0.2) is 18.4 Å². The zero-order chi connectivity index (χ0) is 26.0. The van der Waals surface area contributed by atoms with Gasteiger partial charge in [-0.3, -0.25) is 10.1 Å². The van der Waals surface area contributed by atoms with Gasteiger partial charge in [-0.15, -0.1) is 11.3 Å². The molecule has 0 spiro atoms. The highest BCUT2D eigenvalue weighted by molar-refractivity contribution is 7.07. The summed E-state index contributed by atoms with van der Waals surface area (Å²) in [5.41, 5.74) is 4.05. The molecule has 6 nitrogen and oxygen atoms in total. The van der Waals surface area contributed by atoms with Crippen LogP contribution in [0.2, 0.25) is 0 Å². The molecule has 3 aromatic carbocycles. The van der Waals surface area contributed by atoms with Gasteiger partial charge in [0.15, 0.2) is 5.82 Å². The fraction of sp³-hybridized carbons (Fsp3) is 0.185. The van der Waals surface area contributed by atoms with Crippen LogP contribution in [0, 0.1) is 21.7 Å². The molecule has 0 amide bonds. The van der Waals surface area contributed by atoms with Crippen molar-refractivity contribution in [3.05, 3.63) is 110 Å². The molecule has 1 aromatic heterocycles. The van der Waals surface area contributed by atoms with E-state index >= 15 is 0 Å². The van der Waals surface area contributed by atoms with Gasteiger partial charge in [0.05, 0.1) is 16.3 Å². The minimum Gasteiger partial charge on any atom is -0.258 e. The van der Waals surface area contributed by atoms with Crippen LogP contribution in [-0.2, 0) is 5.41 Å². The average Bonchev–Trinajstić information content (AvgIpc) is 3.22. The summed E-state index contributed by atoms with van der Waals surface area (Å²) in [6.45, 7) is 8.29. The molecule has 0 saturated heterocycles. The molecule has 0 aliphatic heterocycles. The van der Waals surface area contributed by atoms with Crippen LogP contribution in [-0.4, -0.2) is 15.3 Å². The van der Waals surface area contributed by atoms with Crippen molar-refractivity contribution in [2.24, 2.45) is 10.1 Å². The summed E-state index contributed by atoms with van der Waals surface area (Å²) in [4.78, 5) is 15.4. The van der Waals surface area contributed by atoms with Crippen LogP contribution in [0.5, 0.6) is 0 Å². The van der Waals surface area contributed by atoms with E-state index in [1.54, 1.807) is 22.2 Å². The third kappa shape index (κ3) is 5.46. The summed E-state index contributed by atoms with van der Waals surface area (Å²) >= 11 is 1.23. The Morgan fingerprint density at radius 3 is 2.25 bits per heavy atom. The summed E-state index contributed by atoms with van der Waals surface area (Å²) in [7, 11) is 0. The number of nitro groups is 1. The summed E-state index contributed by atoms with van der Waals surface area (Å²) < 4.78 is 29.3. The van der Waals surface area contributed by atoms with E-state index in [-0.39, 0.29) is 16.8 Å². The molecule has 0 aliphatic rings. The van der Waals surface area contributed by atoms with Gasteiger partial charge in [-0.05, 0) is 47.7 Å². The lowest BCUT2D eigenvalue weighted by Gasteiger charge is -2.19. The monoisotopic (exact) mass is 506 g/mol. The fourth-order valence-corrected chi connectivity index (χ4v) is 4.36. The summed E-state index contributed by atoms with van der Waals surface area (Å²) in [6.07, 6.45) is 0. The topological polar surface area (TPSA) is 72.8 Å². The van der Waals surface area contributed by atoms with Crippen LogP contribution in [0.25, 0.3) is 11.3 Å². The molecule has 184 valence electrons. The zero-order valence-corrected chi connectivity index (χ0v) is 21.0. The molecular formula is C27H24F2N4O2S. The van der Waals surface area contributed by atoms with Crippen LogP contribution in [0.4, 0.5) is 20.2 Å². The van der Waals surface area contributed by atoms with Crippen molar-refractivity contribution in [3.63, 3.8) is 0 Å². The molecule has 0 radical (unpaired) electrons. The highest BCUT2D eigenvalue weighted by Crippen LogP contribution is 2.26. The molecule has 4 rings (SSSR count). The van der Waals surface area contributed by atoms with Gasteiger partial charge in [0.25, 0.3) is 5.69 Å². The Bertz CT molecular complexity index is 1510. The van der Waals surface area contributed by atoms with Gasteiger partial charge in [0.1, 0.15) is 11.5 Å². The molecule has 1 heterocycles. The number of hydrogen-bond acceptors (Lipinski definition) is 5. The zero-order valence-electron chi connectivity index (χ0n) is 20.2. The van der Waals surface area contributed by atoms with Crippen molar-refractivity contribution in [2.75, 3.05) is 0 Å². The molecule has 36 heavy (non-hydrogen) atoms. The van der Waals surface area contributed by atoms with E-state index in [1.807, 2.05) is 19.1 Å². The first-order valence-electron chi connectivity index (χ1n) is 11.1. The number of nitrogens with zero attached hydrogens (tertiary/aromatic N) is 4. The third-order valence-corrected chi connectivity index (χ3v) is 6.42. The predicted molar refractivity (Wildman–Crippen MR) is 139 cm³/mol. The van der Waals surface area contributed by atoms with Crippen LogP contribution in [0.3, 0.4) is 0 Å². The number of aromatic nitrogens is 1. The van der Waals surface area contributed by atoms with E-state index in [2.05, 4.69) is 37.9 Å². The normalized spacial score (nSPS) is 12.7. The van der Waals surface area contributed by atoms with Gasteiger partial charge in [-0.2, -0.15) is 5.10 Å². The van der Waals surface area contributed by atoms with E-state index < -0.39 is 16.6 Å². The van der Waals surface area contributed by atoms with E-state index in [0.29, 0.717) is 21.8 Å². The molecular weight excluding hydrogens is 482 g/mol. The Hall–Kier alpha value is -3.98. The van der Waals surface area contributed by atoms with Crippen molar-refractivity contribution in [1.29, 1.82) is 0 Å². The summed E-state index contributed by atoms with van der Waals surface area (Å²) in [6, 6.07) is 17.4. The molecule has 0 atom stereocenters. The van der Waals surface area contributed by atoms with Crippen LogP contribution in [0.15, 0.2) is 82.2 Å². The number of halogens is 2. The fourth-order valence-electron chi connectivity index (χ4n) is 3.52. The Labute approximate surface area is 211 Å². The number of benzene rings is 3. The molecule has 0 saturated carbocycles. The van der Waals surface area contributed by atoms with Crippen molar-refractivity contribution in [3.8, 4) is 11.3 Å². The van der Waals surface area contributed by atoms with Gasteiger partial charge in [0.2, 0.25) is 4.80 Å². The molecule has 4 aromatic rings. The van der Waals surface area contributed by atoms with Crippen molar-refractivity contribution >= 4 is 28.4 Å². The predicted octanol–water partition coefficient (Wildman–Crippen LogP) is 7.21. The van der Waals surface area contributed by atoms with Crippen molar-refractivity contribution < 1.29 is 13.7 Å². The first-order chi connectivity index (χ1) is 17.0. The second-order valence-electron chi connectivity index (χ2n) is 9.24. The minimum atomic E-state index is -0.787. The maximum Gasteiger partial charge on any atom is 0.269 e. The maximum absolute atomic E-state index is 14.3. The SMILES string of the molecule is CC(=Nn1c(-c2ccc([N+](=O)[O-])cc2)csc1=Nc1ccc(F)cc1F)c1ccc(C(C)(C)C)cc1. The minimum absolute atomic E-state index is 0.0139. The highest BCUT2D eigenvalue weighted by Gasteiger charge is 2.15. The Balaban J connectivity index is 1.85. The van der Waals surface area contributed by atoms with Gasteiger partial charge in [-0.1, -0.05) is 45.0 Å². The second kappa shape index (κ2) is 9.94. The van der Waals surface area contributed by atoms with E-state index in [1.165, 1.54) is 35.1 Å². The highest BCUT2D eigenvalue weighted by atomic mass is 32.1. The number of nitro benzene ring substituents is 1. The Morgan fingerprint density at radius 1 is 1.00 bits per heavy atom. The molecule has 0 N–H and O–H groups in total. The lowest BCUT2D eigenvalue weighted by Crippen LogP contribution is -2.14. The molecule has 9 heteroatoms. The third-order valence-electron chi connectivity index (χ3n) is 5.60. The van der Waals surface area contributed by atoms with E-state index in [9.17, 15) is 18.9 Å². The second-order valence-corrected chi connectivity index (χ2v) is 10.1. The first kappa shape index (κ1) is 25.1. The first-order valence-corrected chi connectivity index (χ1v) is 12.0. The lowest BCUT2D eigenvalue weighted by atomic mass is 9.86. The van der Waals surface area contributed by atoms with E-state index in [0.717, 1.165) is 17.7 Å².